The number of aromatic nitrogens is 2. The minimum Gasteiger partial charge on any atom is -0.454 e. The fourth-order valence-electron chi connectivity index (χ4n) is 4.62. The molecule has 0 radical (unpaired) electrons. The zero-order chi connectivity index (χ0) is 27.4. The molecule has 9 heteroatoms. The highest BCUT2D eigenvalue weighted by Gasteiger charge is 2.24. The Labute approximate surface area is 235 Å². The number of thioether (sulfide) groups is 1. The Bertz CT molecular complexity index is 1300. The second-order valence-corrected chi connectivity index (χ2v) is 11.9. The molecule has 0 bridgehead atoms. The van der Waals surface area contributed by atoms with E-state index in [1.54, 1.807) is 11.8 Å². The van der Waals surface area contributed by atoms with E-state index in [0.29, 0.717) is 18.9 Å². The van der Waals surface area contributed by atoms with Crippen molar-refractivity contribution < 1.29 is 14.3 Å². The first-order valence-corrected chi connectivity index (χ1v) is 14.5. The van der Waals surface area contributed by atoms with Gasteiger partial charge in [0.2, 0.25) is 6.79 Å². The highest BCUT2D eigenvalue weighted by atomic mass is 32.2. The van der Waals surface area contributed by atoms with E-state index in [-0.39, 0.29) is 11.3 Å². The first kappa shape index (κ1) is 27.3. The van der Waals surface area contributed by atoms with Crippen molar-refractivity contribution >= 4 is 23.5 Å². The minimum atomic E-state index is -0.0809. The lowest BCUT2D eigenvalue weighted by Crippen LogP contribution is -2.46. The van der Waals surface area contributed by atoms with E-state index >= 15 is 0 Å². The predicted octanol–water partition coefficient (Wildman–Crippen LogP) is 4.87. The van der Waals surface area contributed by atoms with Crippen LogP contribution >= 0.6 is 11.8 Å². The number of amides is 1. The van der Waals surface area contributed by atoms with E-state index in [1.807, 2.05) is 37.3 Å². The summed E-state index contributed by atoms with van der Waals surface area (Å²) in [6, 6.07) is 16.1. The van der Waals surface area contributed by atoms with Gasteiger partial charge in [0.05, 0.1) is 5.69 Å². The third-order valence-corrected chi connectivity index (χ3v) is 7.84. The molecule has 2 aromatic carbocycles. The molecule has 0 aliphatic carbocycles. The van der Waals surface area contributed by atoms with Crippen molar-refractivity contribution in [2.45, 2.75) is 50.6 Å². The first-order chi connectivity index (χ1) is 18.8. The van der Waals surface area contributed by atoms with Crippen LogP contribution in [-0.4, -0.2) is 60.3 Å². The lowest BCUT2D eigenvalue weighted by atomic mass is 9.92. The number of carbonyl (C=O) groups excluding carboxylic acids is 1. The van der Waals surface area contributed by atoms with E-state index < -0.39 is 0 Å². The van der Waals surface area contributed by atoms with Crippen molar-refractivity contribution in [3.8, 4) is 11.5 Å². The van der Waals surface area contributed by atoms with Crippen molar-refractivity contribution in [3.05, 3.63) is 70.9 Å². The van der Waals surface area contributed by atoms with Crippen molar-refractivity contribution in [2.24, 2.45) is 0 Å². The molecular formula is C30H37N5O3S. The quantitative estimate of drug-likeness (QED) is 0.316. The van der Waals surface area contributed by atoms with Gasteiger partial charge in [0.25, 0.3) is 5.91 Å². The van der Waals surface area contributed by atoms with Crippen LogP contribution < -0.4 is 19.7 Å². The van der Waals surface area contributed by atoms with E-state index in [4.69, 9.17) is 19.4 Å². The largest absolute Gasteiger partial charge is 0.454 e. The minimum absolute atomic E-state index is 0.0430. The topological polar surface area (TPSA) is 79.8 Å². The molecule has 206 valence electrons. The summed E-state index contributed by atoms with van der Waals surface area (Å²) in [5, 5.41) is 3.62. The van der Waals surface area contributed by atoms with E-state index in [2.05, 4.69) is 54.1 Å². The summed E-state index contributed by atoms with van der Waals surface area (Å²) in [5.41, 5.74) is 4.02. The van der Waals surface area contributed by atoms with Crippen molar-refractivity contribution in [2.75, 3.05) is 44.4 Å². The molecule has 5 rings (SSSR count). The summed E-state index contributed by atoms with van der Waals surface area (Å²) in [5.74, 6) is 3.36. The average Bonchev–Trinajstić information content (AvgIpc) is 3.40. The lowest BCUT2D eigenvalue weighted by molar-refractivity contribution is 0.0956. The van der Waals surface area contributed by atoms with Gasteiger partial charge in [-0.05, 0) is 42.3 Å². The van der Waals surface area contributed by atoms with Crippen LogP contribution in [0.2, 0.25) is 0 Å². The molecule has 3 heterocycles. The Morgan fingerprint density at radius 2 is 1.67 bits per heavy atom. The maximum atomic E-state index is 12.1. The molecule has 1 aromatic heterocycles. The standard InChI is InChI=1S/C30H37N5O3S/c1-5-31-28(36)23-9-6-21(7-10-23)19-39-29-32-26(30(2,3)4)17-27(33-29)35-14-12-34(13-15-35)18-22-8-11-24-25(16-22)38-20-37-24/h6-11,16-17H,5,12-15,18-20H2,1-4H3,(H,31,36). The van der Waals surface area contributed by atoms with Crippen molar-refractivity contribution in [1.29, 1.82) is 0 Å². The SMILES string of the molecule is CCNC(=O)c1ccc(CSc2nc(N3CCN(Cc4ccc5c(c4)OCO5)CC3)cc(C(C)(C)C)n2)cc1. The molecule has 1 saturated heterocycles. The maximum Gasteiger partial charge on any atom is 0.251 e. The molecule has 39 heavy (non-hydrogen) atoms. The Kier molecular flexibility index (Phi) is 8.28. The summed E-state index contributed by atoms with van der Waals surface area (Å²) < 4.78 is 11.0. The van der Waals surface area contributed by atoms with Gasteiger partial charge < -0.3 is 19.7 Å². The zero-order valence-corrected chi connectivity index (χ0v) is 24.0. The number of hydrogen-bond acceptors (Lipinski definition) is 8. The van der Waals surface area contributed by atoms with Gasteiger partial charge in [-0.25, -0.2) is 9.97 Å². The van der Waals surface area contributed by atoms with Gasteiger partial charge in [0.1, 0.15) is 5.82 Å². The Balaban J connectivity index is 1.23. The van der Waals surface area contributed by atoms with Crippen LogP contribution in [0.4, 0.5) is 5.82 Å². The van der Waals surface area contributed by atoms with E-state index in [1.165, 1.54) is 5.56 Å². The molecule has 3 aromatic rings. The van der Waals surface area contributed by atoms with Gasteiger partial charge in [-0.3, -0.25) is 9.69 Å². The third-order valence-electron chi connectivity index (χ3n) is 6.92. The number of anilines is 1. The van der Waals surface area contributed by atoms with Crippen LogP contribution in [-0.2, 0) is 17.7 Å². The number of rotatable bonds is 8. The molecule has 2 aliphatic rings. The van der Waals surface area contributed by atoms with Crippen LogP contribution in [0.1, 0.15) is 54.9 Å². The number of nitrogens with one attached hydrogen (secondary N) is 1. The van der Waals surface area contributed by atoms with E-state index in [0.717, 1.165) is 72.2 Å². The van der Waals surface area contributed by atoms with Crippen LogP contribution in [0.3, 0.4) is 0 Å². The number of nitrogens with zero attached hydrogens (tertiary/aromatic N) is 4. The number of fused-ring (bicyclic) bond motifs is 1. The summed E-state index contributed by atoms with van der Waals surface area (Å²) in [6.45, 7) is 14.1. The van der Waals surface area contributed by atoms with Crippen LogP contribution in [0, 0.1) is 0 Å². The van der Waals surface area contributed by atoms with Gasteiger partial charge in [-0.15, -0.1) is 0 Å². The maximum absolute atomic E-state index is 12.1. The Morgan fingerprint density at radius 3 is 2.38 bits per heavy atom. The summed E-state index contributed by atoms with van der Waals surface area (Å²) in [4.78, 5) is 26.8. The van der Waals surface area contributed by atoms with Crippen LogP contribution in [0.15, 0.2) is 53.7 Å². The second-order valence-electron chi connectivity index (χ2n) is 10.9. The van der Waals surface area contributed by atoms with Gasteiger partial charge in [0, 0.05) is 62.1 Å². The fourth-order valence-corrected chi connectivity index (χ4v) is 5.43. The average molecular weight is 548 g/mol. The summed E-state index contributed by atoms with van der Waals surface area (Å²) >= 11 is 1.64. The predicted molar refractivity (Wildman–Crippen MR) is 155 cm³/mol. The van der Waals surface area contributed by atoms with Gasteiger partial charge in [0.15, 0.2) is 16.7 Å². The molecule has 1 amide bonds. The number of carbonyl (C=O) groups is 1. The summed E-state index contributed by atoms with van der Waals surface area (Å²) in [6.07, 6.45) is 0. The normalized spacial score (nSPS) is 15.4. The van der Waals surface area contributed by atoms with Gasteiger partial charge in [-0.1, -0.05) is 50.7 Å². The molecule has 0 unspecified atom stereocenters. The summed E-state index contributed by atoms with van der Waals surface area (Å²) in [7, 11) is 0. The third kappa shape index (κ3) is 6.83. The molecule has 8 nitrogen and oxygen atoms in total. The number of hydrogen-bond donors (Lipinski definition) is 1. The first-order valence-electron chi connectivity index (χ1n) is 13.5. The second kappa shape index (κ2) is 11.8. The molecule has 0 saturated carbocycles. The number of piperazine rings is 1. The smallest absolute Gasteiger partial charge is 0.251 e. The molecule has 0 spiro atoms. The zero-order valence-electron chi connectivity index (χ0n) is 23.2. The van der Waals surface area contributed by atoms with Gasteiger partial charge in [-0.2, -0.15) is 0 Å². The molecule has 0 atom stereocenters. The number of ether oxygens (including phenoxy) is 2. The highest BCUT2D eigenvalue weighted by Crippen LogP contribution is 2.33. The van der Waals surface area contributed by atoms with Crippen molar-refractivity contribution in [1.82, 2.24) is 20.2 Å². The Morgan fingerprint density at radius 1 is 0.949 bits per heavy atom. The Hall–Kier alpha value is -3.30. The van der Waals surface area contributed by atoms with Crippen molar-refractivity contribution in [3.63, 3.8) is 0 Å². The highest BCUT2D eigenvalue weighted by molar-refractivity contribution is 7.98. The van der Waals surface area contributed by atoms with Gasteiger partial charge >= 0.3 is 0 Å². The van der Waals surface area contributed by atoms with Crippen LogP contribution in [0.5, 0.6) is 11.5 Å². The lowest BCUT2D eigenvalue weighted by Gasteiger charge is -2.36. The molecule has 1 fully saturated rings. The molecular weight excluding hydrogens is 510 g/mol. The molecule has 1 N–H and O–H groups in total. The number of benzene rings is 2. The monoisotopic (exact) mass is 547 g/mol. The fraction of sp³-hybridized carbons (Fsp3) is 0.433. The van der Waals surface area contributed by atoms with E-state index in [9.17, 15) is 4.79 Å². The molecule has 2 aliphatic heterocycles. The van der Waals surface area contributed by atoms with Crippen LogP contribution in [0.25, 0.3) is 0 Å².